The van der Waals surface area contributed by atoms with Crippen LogP contribution in [0.2, 0.25) is 0 Å². The smallest absolute Gasteiger partial charge is 0.306 e. The van der Waals surface area contributed by atoms with Crippen LogP contribution in [-0.2, 0) is 13.5 Å². The fraction of sp³-hybridized carbons (Fsp3) is 0.321. The molecule has 4 aromatic rings. The summed E-state index contributed by atoms with van der Waals surface area (Å²) in [6, 6.07) is 13.2. The number of nitrogens with one attached hydrogen (secondary N) is 1. The second-order valence-corrected chi connectivity index (χ2v) is 9.26. The van der Waals surface area contributed by atoms with Gasteiger partial charge in [-0.1, -0.05) is 50.8 Å². The predicted molar refractivity (Wildman–Crippen MR) is 136 cm³/mol. The van der Waals surface area contributed by atoms with Crippen molar-refractivity contribution < 1.29 is 9.59 Å². The molecule has 0 saturated heterocycles. The molecule has 0 bridgehead atoms. The Morgan fingerprint density at radius 2 is 1.62 bits per heavy atom. The summed E-state index contributed by atoms with van der Waals surface area (Å²) >= 11 is 0. The van der Waals surface area contributed by atoms with Gasteiger partial charge in [0.1, 0.15) is 0 Å². The molecule has 34 heavy (non-hydrogen) atoms. The van der Waals surface area contributed by atoms with Crippen molar-refractivity contribution in [3.63, 3.8) is 0 Å². The number of carbonyl (C=O) groups is 2. The largest absolute Gasteiger partial charge is 0.326 e. The quantitative estimate of drug-likeness (QED) is 0.289. The number of rotatable bonds is 7. The van der Waals surface area contributed by atoms with Gasteiger partial charge >= 0.3 is 5.69 Å². The zero-order valence-corrected chi connectivity index (χ0v) is 19.9. The summed E-state index contributed by atoms with van der Waals surface area (Å²) in [6.45, 7) is 4.06. The third kappa shape index (κ3) is 3.45. The molecule has 0 fully saturated rings. The van der Waals surface area contributed by atoms with E-state index in [9.17, 15) is 14.4 Å². The number of hydrogen-bond acceptors (Lipinski definition) is 3. The van der Waals surface area contributed by atoms with E-state index in [0.717, 1.165) is 29.2 Å². The maximum absolute atomic E-state index is 13.7. The van der Waals surface area contributed by atoms with E-state index in [0.29, 0.717) is 27.8 Å². The summed E-state index contributed by atoms with van der Waals surface area (Å²) in [4.78, 5) is 43.5. The van der Waals surface area contributed by atoms with E-state index in [1.165, 1.54) is 40.7 Å². The van der Waals surface area contributed by atoms with E-state index in [-0.39, 0.29) is 17.5 Å². The number of amides is 2. The monoisotopic (exact) mass is 455 g/mol. The van der Waals surface area contributed by atoms with E-state index in [1.54, 1.807) is 19.2 Å². The van der Waals surface area contributed by atoms with Gasteiger partial charge in [0.05, 0.1) is 16.7 Å². The first-order valence-corrected chi connectivity index (χ1v) is 12.0. The SMILES string of the molecule is CCCCCCCc1ccc2c3c(cccc13)C(=O)N(c1cc3c(cc1C)[nH]c(=O)n3C)C2=O. The number of aromatic nitrogens is 2. The lowest BCUT2D eigenvalue weighted by molar-refractivity contribution is 0.0893. The maximum atomic E-state index is 13.7. The molecule has 1 N–H and O–H groups in total. The molecule has 2 amide bonds. The van der Waals surface area contributed by atoms with Crippen molar-refractivity contribution in [2.45, 2.75) is 52.4 Å². The molecular formula is C28H29N3O3. The Kier molecular flexibility index (Phi) is 5.60. The Morgan fingerprint density at radius 3 is 2.38 bits per heavy atom. The lowest BCUT2D eigenvalue weighted by Crippen LogP contribution is -2.41. The van der Waals surface area contributed by atoms with Gasteiger partial charge in [-0.15, -0.1) is 0 Å². The topological polar surface area (TPSA) is 75.2 Å². The molecule has 0 saturated carbocycles. The van der Waals surface area contributed by atoms with Gasteiger partial charge in [0.15, 0.2) is 0 Å². The van der Waals surface area contributed by atoms with Crippen LogP contribution in [0.5, 0.6) is 0 Å². The number of nitrogens with zero attached hydrogens (tertiary/aromatic N) is 2. The average Bonchev–Trinajstić information content (AvgIpc) is 3.10. The highest BCUT2D eigenvalue weighted by molar-refractivity contribution is 6.36. The molecule has 1 aliphatic heterocycles. The first-order valence-electron chi connectivity index (χ1n) is 12.0. The van der Waals surface area contributed by atoms with Crippen LogP contribution in [0.4, 0.5) is 5.69 Å². The lowest BCUT2D eigenvalue weighted by atomic mass is 9.89. The molecule has 0 aliphatic carbocycles. The molecule has 0 unspecified atom stereocenters. The number of benzene rings is 3. The van der Waals surface area contributed by atoms with Crippen molar-refractivity contribution in [2.75, 3.05) is 4.90 Å². The fourth-order valence-electron chi connectivity index (χ4n) is 5.12. The fourth-order valence-corrected chi connectivity index (χ4v) is 5.12. The number of imide groups is 1. The van der Waals surface area contributed by atoms with Crippen LogP contribution in [0, 0.1) is 6.92 Å². The minimum Gasteiger partial charge on any atom is -0.306 e. The molecule has 0 atom stereocenters. The number of aryl methyl sites for hydroxylation is 3. The van der Waals surface area contributed by atoms with Crippen molar-refractivity contribution in [3.8, 4) is 0 Å². The van der Waals surface area contributed by atoms with Gasteiger partial charge < -0.3 is 4.98 Å². The van der Waals surface area contributed by atoms with E-state index in [4.69, 9.17) is 0 Å². The Bertz CT molecular complexity index is 1490. The summed E-state index contributed by atoms with van der Waals surface area (Å²) in [7, 11) is 1.67. The summed E-state index contributed by atoms with van der Waals surface area (Å²) in [5, 5.41) is 1.75. The Hall–Kier alpha value is -3.67. The first-order chi connectivity index (χ1) is 16.4. The number of anilines is 1. The minimum atomic E-state index is -0.328. The van der Waals surface area contributed by atoms with Crippen molar-refractivity contribution in [1.29, 1.82) is 0 Å². The van der Waals surface area contributed by atoms with Crippen LogP contribution in [0.15, 0.2) is 47.3 Å². The van der Waals surface area contributed by atoms with E-state index in [2.05, 4.69) is 11.9 Å². The zero-order chi connectivity index (χ0) is 24.0. The van der Waals surface area contributed by atoms with Crippen LogP contribution in [0.3, 0.4) is 0 Å². The Morgan fingerprint density at radius 1 is 0.882 bits per heavy atom. The van der Waals surface area contributed by atoms with Crippen LogP contribution in [0.1, 0.15) is 70.9 Å². The average molecular weight is 456 g/mol. The number of unbranched alkanes of at least 4 members (excludes halogenated alkanes) is 4. The number of H-pyrrole nitrogens is 1. The molecule has 6 heteroatoms. The number of carbonyl (C=O) groups excluding carboxylic acids is 2. The highest BCUT2D eigenvalue weighted by Gasteiger charge is 2.35. The van der Waals surface area contributed by atoms with Crippen molar-refractivity contribution in [3.05, 3.63) is 75.2 Å². The predicted octanol–water partition coefficient (Wildman–Crippen LogP) is 5.64. The summed E-state index contributed by atoms with van der Waals surface area (Å²) in [5.74, 6) is -0.655. The number of fused-ring (bicyclic) bond motifs is 1. The van der Waals surface area contributed by atoms with Crippen LogP contribution < -0.4 is 10.6 Å². The zero-order valence-electron chi connectivity index (χ0n) is 19.9. The van der Waals surface area contributed by atoms with Gasteiger partial charge in [0, 0.05) is 23.6 Å². The third-order valence-corrected chi connectivity index (χ3v) is 7.01. The normalized spacial score (nSPS) is 13.4. The molecule has 1 aliphatic rings. The standard InChI is InChI=1S/C28H29N3O3/c1-4-5-6-7-8-10-18-13-14-21-25-19(18)11-9-12-20(25)26(32)31(27(21)33)23-16-24-22(15-17(23)2)29-28(34)30(24)3/h9,11-16H,4-8,10H2,1-3H3,(H,29,34). The first kappa shape index (κ1) is 22.1. The second-order valence-electron chi connectivity index (χ2n) is 9.26. The highest BCUT2D eigenvalue weighted by atomic mass is 16.2. The minimum absolute atomic E-state index is 0.236. The molecule has 6 nitrogen and oxygen atoms in total. The molecule has 174 valence electrons. The van der Waals surface area contributed by atoms with Crippen molar-refractivity contribution in [2.24, 2.45) is 7.05 Å². The number of hydrogen-bond donors (Lipinski definition) is 1. The van der Waals surface area contributed by atoms with Gasteiger partial charge in [0.25, 0.3) is 11.8 Å². The van der Waals surface area contributed by atoms with E-state index in [1.807, 2.05) is 37.3 Å². The lowest BCUT2D eigenvalue weighted by Gasteiger charge is -2.29. The molecule has 2 heterocycles. The van der Waals surface area contributed by atoms with Crippen LogP contribution in [-0.4, -0.2) is 21.4 Å². The molecular weight excluding hydrogens is 426 g/mol. The van der Waals surface area contributed by atoms with Gasteiger partial charge in [-0.05, 0) is 60.5 Å². The number of imidazole rings is 1. The van der Waals surface area contributed by atoms with Gasteiger partial charge in [0.2, 0.25) is 0 Å². The summed E-state index contributed by atoms with van der Waals surface area (Å²) in [5.41, 5.74) is 4.61. The van der Waals surface area contributed by atoms with Gasteiger partial charge in [-0.2, -0.15) is 0 Å². The van der Waals surface area contributed by atoms with Gasteiger partial charge in [-0.3, -0.25) is 14.2 Å². The molecule has 1 aromatic heterocycles. The Balaban J connectivity index is 1.57. The Labute approximate surface area is 198 Å². The van der Waals surface area contributed by atoms with E-state index >= 15 is 0 Å². The molecule has 0 radical (unpaired) electrons. The molecule has 0 spiro atoms. The van der Waals surface area contributed by atoms with E-state index < -0.39 is 0 Å². The summed E-state index contributed by atoms with van der Waals surface area (Å²) < 4.78 is 1.48. The highest BCUT2D eigenvalue weighted by Crippen LogP contribution is 2.36. The van der Waals surface area contributed by atoms with Crippen molar-refractivity contribution in [1.82, 2.24) is 9.55 Å². The second kappa shape index (κ2) is 8.60. The van der Waals surface area contributed by atoms with Crippen LogP contribution >= 0.6 is 0 Å². The number of aromatic amines is 1. The third-order valence-electron chi connectivity index (χ3n) is 7.01. The summed E-state index contributed by atoms with van der Waals surface area (Å²) in [6.07, 6.45) is 6.93. The van der Waals surface area contributed by atoms with Crippen LogP contribution in [0.25, 0.3) is 21.8 Å². The van der Waals surface area contributed by atoms with Crippen molar-refractivity contribution >= 4 is 39.3 Å². The molecule has 5 rings (SSSR count). The maximum Gasteiger partial charge on any atom is 0.326 e. The van der Waals surface area contributed by atoms with Gasteiger partial charge in [-0.25, -0.2) is 9.69 Å². The molecule has 3 aromatic carbocycles.